The molecule has 1 aliphatic rings. The summed E-state index contributed by atoms with van der Waals surface area (Å²) < 4.78 is 8.06. The Labute approximate surface area is 161 Å². The lowest BCUT2D eigenvalue weighted by Gasteiger charge is -2.26. The normalized spacial score (nSPS) is 15.1. The molecule has 1 saturated heterocycles. The van der Waals surface area contributed by atoms with E-state index in [-0.39, 0.29) is 5.91 Å². The van der Waals surface area contributed by atoms with Crippen molar-refractivity contribution in [2.75, 3.05) is 44.7 Å². The van der Waals surface area contributed by atoms with Gasteiger partial charge in [-0.3, -0.25) is 14.4 Å². The molecule has 0 aliphatic carbocycles. The molecule has 1 aromatic carbocycles. The number of benzene rings is 1. The predicted molar refractivity (Wildman–Crippen MR) is 106 cm³/mol. The third-order valence-corrected chi connectivity index (χ3v) is 5.46. The number of hydrogen-bond donors (Lipinski definition) is 2. The lowest BCUT2D eigenvalue weighted by Crippen LogP contribution is -2.41. The first-order valence-electron chi connectivity index (χ1n) is 8.93. The molecule has 0 radical (unpaired) electrons. The molecule has 3 aromatic rings. The van der Waals surface area contributed by atoms with E-state index < -0.39 is 0 Å². The summed E-state index contributed by atoms with van der Waals surface area (Å²) in [5.41, 5.74) is 1.52. The molecule has 9 heteroatoms. The van der Waals surface area contributed by atoms with Crippen LogP contribution in [0.25, 0.3) is 10.2 Å². The molecule has 142 valence electrons. The second-order valence-electron chi connectivity index (χ2n) is 6.38. The van der Waals surface area contributed by atoms with Gasteiger partial charge < -0.3 is 15.4 Å². The molecule has 8 nitrogen and oxygen atoms in total. The van der Waals surface area contributed by atoms with Crippen molar-refractivity contribution in [3.8, 4) is 0 Å². The Morgan fingerprint density at radius 2 is 2.15 bits per heavy atom. The van der Waals surface area contributed by atoms with Gasteiger partial charge in [0, 0.05) is 44.9 Å². The molecule has 2 aromatic heterocycles. The fourth-order valence-electron chi connectivity index (χ4n) is 2.98. The predicted octanol–water partition coefficient (Wildman–Crippen LogP) is 1.84. The highest BCUT2D eigenvalue weighted by molar-refractivity contribution is 7.22. The van der Waals surface area contributed by atoms with Gasteiger partial charge in [-0.2, -0.15) is 5.10 Å². The van der Waals surface area contributed by atoms with Crippen LogP contribution in [-0.2, 0) is 11.8 Å². The van der Waals surface area contributed by atoms with Gasteiger partial charge in [-0.1, -0.05) is 11.3 Å². The van der Waals surface area contributed by atoms with Crippen LogP contribution in [0.5, 0.6) is 0 Å². The zero-order chi connectivity index (χ0) is 18.6. The van der Waals surface area contributed by atoms with Crippen molar-refractivity contribution < 1.29 is 9.53 Å². The maximum absolute atomic E-state index is 12.4. The van der Waals surface area contributed by atoms with Crippen LogP contribution in [0.15, 0.2) is 30.5 Å². The molecule has 3 heterocycles. The summed E-state index contributed by atoms with van der Waals surface area (Å²) in [6, 6.07) is 7.49. The smallest absolute Gasteiger partial charge is 0.251 e. The van der Waals surface area contributed by atoms with Gasteiger partial charge in [-0.15, -0.1) is 0 Å². The highest BCUT2D eigenvalue weighted by Crippen LogP contribution is 2.28. The summed E-state index contributed by atoms with van der Waals surface area (Å²) in [4.78, 5) is 19.3. The van der Waals surface area contributed by atoms with Crippen LogP contribution in [0.1, 0.15) is 10.4 Å². The first-order valence-corrected chi connectivity index (χ1v) is 9.74. The van der Waals surface area contributed by atoms with Gasteiger partial charge in [-0.25, -0.2) is 4.98 Å². The Morgan fingerprint density at radius 3 is 2.93 bits per heavy atom. The summed E-state index contributed by atoms with van der Waals surface area (Å²) in [6.07, 6.45) is 1.73. The zero-order valence-electron chi connectivity index (χ0n) is 15.1. The summed E-state index contributed by atoms with van der Waals surface area (Å²) >= 11 is 1.52. The Hall–Kier alpha value is -2.49. The Bertz CT molecular complexity index is 931. The largest absolute Gasteiger partial charge is 0.379 e. The molecule has 1 aliphatic heterocycles. The van der Waals surface area contributed by atoms with E-state index in [1.54, 1.807) is 10.9 Å². The van der Waals surface area contributed by atoms with E-state index in [0.717, 1.165) is 54.0 Å². The number of fused-ring (bicyclic) bond motifs is 1. The van der Waals surface area contributed by atoms with E-state index in [2.05, 4.69) is 25.6 Å². The van der Waals surface area contributed by atoms with E-state index in [9.17, 15) is 4.79 Å². The van der Waals surface area contributed by atoms with Gasteiger partial charge in [0.25, 0.3) is 5.91 Å². The summed E-state index contributed by atoms with van der Waals surface area (Å²) in [6.45, 7) is 4.87. The van der Waals surface area contributed by atoms with Crippen LogP contribution in [0.2, 0.25) is 0 Å². The fraction of sp³-hybridized carbons (Fsp3) is 0.389. The summed E-state index contributed by atoms with van der Waals surface area (Å²) in [5.74, 6) is 0.815. The second-order valence-corrected chi connectivity index (χ2v) is 7.41. The average Bonchev–Trinajstić information content (AvgIpc) is 3.27. The third-order valence-electron chi connectivity index (χ3n) is 4.52. The van der Waals surface area contributed by atoms with Crippen molar-refractivity contribution in [1.82, 2.24) is 25.0 Å². The van der Waals surface area contributed by atoms with Crippen LogP contribution in [0.3, 0.4) is 0 Å². The van der Waals surface area contributed by atoms with Crippen LogP contribution in [0, 0.1) is 0 Å². The number of aromatic nitrogens is 3. The lowest BCUT2D eigenvalue weighted by molar-refractivity contribution is 0.0383. The molecule has 0 saturated carbocycles. The number of nitrogens with one attached hydrogen (secondary N) is 2. The van der Waals surface area contributed by atoms with E-state index in [1.165, 1.54) is 11.3 Å². The number of nitrogens with zero attached hydrogens (tertiary/aromatic N) is 4. The van der Waals surface area contributed by atoms with Crippen molar-refractivity contribution in [2.45, 2.75) is 0 Å². The first kappa shape index (κ1) is 17.9. The van der Waals surface area contributed by atoms with Gasteiger partial charge in [0.2, 0.25) is 0 Å². The topological polar surface area (TPSA) is 84.3 Å². The lowest BCUT2D eigenvalue weighted by atomic mass is 10.2. The number of carbonyl (C=O) groups is 1. The minimum atomic E-state index is -0.0558. The number of aryl methyl sites for hydroxylation is 1. The number of carbonyl (C=O) groups excluding carboxylic acids is 1. The van der Waals surface area contributed by atoms with Crippen molar-refractivity contribution in [3.63, 3.8) is 0 Å². The Balaban J connectivity index is 1.38. The number of anilines is 2. The monoisotopic (exact) mass is 386 g/mol. The molecule has 0 unspecified atom stereocenters. The van der Waals surface area contributed by atoms with Gasteiger partial charge in [0.1, 0.15) is 5.82 Å². The fourth-order valence-corrected chi connectivity index (χ4v) is 3.89. The number of thiazole rings is 1. The van der Waals surface area contributed by atoms with Gasteiger partial charge in [0.15, 0.2) is 5.13 Å². The molecule has 1 amide bonds. The van der Waals surface area contributed by atoms with Crippen LogP contribution < -0.4 is 10.6 Å². The molecule has 0 spiro atoms. The molecular weight excluding hydrogens is 364 g/mol. The molecule has 27 heavy (non-hydrogen) atoms. The third kappa shape index (κ3) is 4.26. The number of amides is 1. The van der Waals surface area contributed by atoms with Crippen molar-refractivity contribution in [3.05, 3.63) is 36.0 Å². The van der Waals surface area contributed by atoms with Crippen LogP contribution in [-0.4, -0.2) is 65.0 Å². The molecule has 2 N–H and O–H groups in total. The molecule has 4 rings (SSSR count). The Morgan fingerprint density at radius 1 is 1.30 bits per heavy atom. The quantitative estimate of drug-likeness (QED) is 0.673. The van der Waals surface area contributed by atoms with Gasteiger partial charge in [-0.05, 0) is 18.2 Å². The van der Waals surface area contributed by atoms with E-state index in [0.29, 0.717) is 12.1 Å². The van der Waals surface area contributed by atoms with Crippen molar-refractivity contribution >= 4 is 38.4 Å². The van der Waals surface area contributed by atoms with E-state index >= 15 is 0 Å². The van der Waals surface area contributed by atoms with Gasteiger partial charge >= 0.3 is 0 Å². The number of ether oxygens (including phenoxy) is 1. The average molecular weight is 386 g/mol. The number of morpholine rings is 1. The highest BCUT2D eigenvalue weighted by Gasteiger charge is 2.12. The zero-order valence-corrected chi connectivity index (χ0v) is 16.0. The minimum Gasteiger partial charge on any atom is -0.379 e. The van der Waals surface area contributed by atoms with Gasteiger partial charge in [0.05, 0.1) is 29.6 Å². The van der Waals surface area contributed by atoms with Crippen molar-refractivity contribution in [1.29, 1.82) is 0 Å². The van der Waals surface area contributed by atoms with Crippen molar-refractivity contribution in [2.24, 2.45) is 7.05 Å². The summed E-state index contributed by atoms with van der Waals surface area (Å²) in [7, 11) is 1.87. The highest BCUT2D eigenvalue weighted by atomic mass is 32.1. The molecule has 1 fully saturated rings. The maximum Gasteiger partial charge on any atom is 0.251 e. The molecule has 0 atom stereocenters. The SMILES string of the molecule is Cn1nccc1Nc1nc2ccc(C(=O)NCCN3CCOCC3)cc2s1. The number of hydrogen-bond acceptors (Lipinski definition) is 7. The van der Waals surface area contributed by atoms with Crippen LogP contribution in [0.4, 0.5) is 10.9 Å². The number of rotatable bonds is 6. The Kier molecular flexibility index (Phi) is 5.33. The van der Waals surface area contributed by atoms with Crippen LogP contribution >= 0.6 is 11.3 Å². The minimum absolute atomic E-state index is 0.0558. The molecular formula is C18H22N6O2S. The summed E-state index contributed by atoms with van der Waals surface area (Å²) in [5, 5.41) is 11.2. The standard InChI is InChI=1S/C18H22N6O2S/c1-23-16(4-5-20-23)22-18-21-14-3-2-13(12-15(14)27-18)17(25)19-6-7-24-8-10-26-11-9-24/h2-5,12H,6-11H2,1H3,(H,19,25)(H,21,22). The van der Waals surface area contributed by atoms with E-state index in [1.807, 2.05) is 31.3 Å². The maximum atomic E-state index is 12.4. The molecule has 0 bridgehead atoms. The second kappa shape index (κ2) is 8.03. The first-order chi connectivity index (χ1) is 13.2. The van der Waals surface area contributed by atoms with E-state index in [4.69, 9.17) is 4.74 Å².